The van der Waals surface area contributed by atoms with Crippen LogP contribution in [-0.4, -0.2) is 18.0 Å². The Bertz CT molecular complexity index is 899. The van der Waals surface area contributed by atoms with E-state index >= 15 is 0 Å². The van der Waals surface area contributed by atoms with Crippen molar-refractivity contribution in [3.63, 3.8) is 0 Å². The van der Waals surface area contributed by atoms with Crippen molar-refractivity contribution < 1.29 is 14.3 Å². The van der Waals surface area contributed by atoms with Crippen molar-refractivity contribution in [2.75, 3.05) is 7.11 Å². The predicted octanol–water partition coefficient (Wildman–Crippen LogP) is 4.25. The van der Waals surface area contributed by atoms with Crippen LogP contribution in [-0.2, 0) is 13.2 Å². The van der Waals surface area contributed by atoms with Gasteiger partial charge in [-0.1, -0.05) is 29.8 Å². The Morgan fingerprint density at radius 3 is 2.63 bits per heavy atom. The number of ether oxygens (including phenoxy) is 2. The molecule has 1 aromatic heterocycles. The van der Waals surface area contributed by atoms with Gasteiger partial charge in [0.15, 0.2) is 0 Å². The molecule has 1 amide bonds. The van der Waals surface area contributed by atoms with E-state index in [9.17, 15) is 4.79 Å². The first-order valence-electron chi connectivity index (χ1n) is 8.38. The molecule has 6 heteroatoms. The number of nitrogens with one attached hydrogen (secondary N) is 1. The monoisotopic (exact) mass is 382 g/mol. The first-order valence-corrected chi connectivity index (χ1v) is 8.76. The molecule has 0 saturated carbocycles. The Balaban J connectivity index is 1.55. The van der Waals surface area contributed by atoms with E-state index in [1.54, 1.807) is 30.6 Å². The minimum atomic E-state index is -0.244. The molecule has 1 N–H and O–H groups in total. The quantitative estimate of drug-likeness (QED) is 0.663. The molecule has 27 heavy (non-hydrogen) atoms. The highest BCUT2D eigenvalue weighted by atomic mass is 35.5. The lowest BCUT2D eigenvalue weighted by Crippen LogP contribution is -2.23. The van der Waals surface area contributed by atoms with E-state index in [1.165, 1.54) is 7.11 Å². The Morgan fingerprint density at radius 2 is 1.93 bits per heavy atom. The van der Waals surface area contributed by atoms with E-state index in [2.05, 4.69) is 10.3 Å². The van der Waals surface area contributed by atoms with Gasteiger partial charge in [-0.3, -0.25) is 9.78 Å². The number of methoxy groups -OCH3 is 1. The summed E-state index contributed by atoms with van der Waals surface area (Å²) in [5, 5.41) is 3.35. The summed E-state index contributed by atoms with van der Waals surface area (Å²) < 4.78 is 10.9. The molecule has 0 saturated heterocycles. The topological polar surface area (TPSA) is 60.5 Å². The highest BCUT2D eigenvalue weighted by Crippen LogP contribution is 2.22. The van der Waals surface area contributed by atoms with E-state index in [4.69, 9.17) is 21.1 Å². The highest BCUT2D eigenvalue weighted by Gasteiger charge is 2.12. The third-order valence-electron chi connectivity index (χ3n) is 3.91. The molecule has 0 unspecified atom stereocenters. The van der Waals surface area contributed by atoms with Crippen molar-refractivity contribution in [2.45, 2.75) is 13.2 Å². The maximum atomic E-state index is 12.4. The average molecular weight is 383 g/mol. The summed E-state index contributed by atoms with van der Waals surface area (Å²) >= 11 is 5.97. The second-order valence-electron chi connectivity index (χ2n) is 5.82. The fraction of sp³-hybridized carbons (Fsp3) is 0.143. The van der Waals surface area contributed by atoms with Gasteiger partial charge < -0.3 is 14.8 Å². The molecular weight excluding hydrogens is 364 g/mol. The van der Waals surface area contributed by atoms with Gasteiger partial charge in [0, 0.05) is 29.5 Å². The Labute approximate surface area is 162 Å². The average Bonchev–Trinajstić information content (AvgIpc) is 2.72. The van der Waals surface area contributed by atoms with E-state index in [1.807, 2.05) is 36.4 Å². The van der Waals surface area contributed by atoms with Gasteiger partial charge in [-0.15, -0.1) is 0 Å². The number of benzene rings is 2. The van der Waals surface area contributed by atoms with Crippen molar-refractivity contribution in [1.82, 2.24) is 10.3 Å². The van der Waals surface area contributed by atoms with Gasteiger partial charge >= 0.3 is 0 Å². The number of carbonyl (C=O) groups is 1. The zero-order chi connectivity index (χ0) is 19.1. The molecule has 2 aromatic carbocycles. The van der Waals surface area contributed by atoms with Gasteiger partial charge in [-0.05, 0) is 42.0 Å². The number of rotatable bonds is 7. The van der Waals surface area contributed by atoms with Crippen LogP contribution in [0.5, 0.6) is 11.5 Å². The lowest BCUT2D eigenvalue weighted by molar-refractivity contribution is 0.0948. The van der Waals surface area contributed by atoms with Crippen molar-refractivity contribution in [3.8, 4) is 11.5 Å². The van der Waals surface area contributed by atoms with Gasteiger partial charge in [0.2, 0.25) is 0 Å². The smallest absolute Gasteiger partial charge is 0.255 e. The third-order valence-corrected chi connectivity index (χ3v) is 4.15. The summed E-state index contributed by atoms with van der Waals surface area (Å²) in [7, 11) is 1.52. The van der Waals surface area contributed by atoms with Crippen LogP contribution in [0.2, 0.25) is 5.02 Å². The van der Waals surface area contributed by atoms with Crippen LogP contribution in [0, 0.1) is 0 Å². The number of nitrogens with zero attached hydrogens (tertiary/aromatic N) is 1. The van der Waals surface area contributed by atoms with Gasteiger partial charge in [0.1, 0.15) is 18.1 Å². The maximum absolute atomic E-state index is 12.4. The number of hydrogen-bond donors (Lipinski definition) is 1. The van der Waals surface area contributed by atoms with Gasteiger partial charge in [0.05, 0.1) is 12.7 Å². The molecule has 0 aliphatic rings. The van der Waals surface area contributed by atoms with Crippen LogP contribution in [0.4, 0.5) is 0 Å². The minimum Gasteiger partial charge on any atom is -0.496 e. The summed E-state index contributed by atoms with van der Waals surface area (Å²) in [6.45, 7) is 0.843. The largest absolute Gasteiger partial charge is 0.496 e. The molecule has 0 spiro atoms. The van der Waals surface area contributed by atoms with Crippen molar-refractivity contribution in [2.24, 2.45) is 0 Å². The second kappa shape index (κ2) is 9.05. The molecule has 138 valence electrons. The Kier molecular flexibility index (Phi) is 6.28. The minimum absolute atomic E-state index is 0.244. The molecule has 3 rings (SSSR count). The van der Waals surface area contributed by atoms with E-state index < -0.39 is 0 Å². The van der Waals surface area contributed by atoms with Crippen LogP contribution in [0.25, 0.3) is 0 Å². The third kappa shape index (κ3) is 5.21. The standard InChI is InChI=1S/C21H19ClN2O3/c1-26-20-9-6-17(22)11-19(20)21(25)24-13-15-4-7-18(8-5-15)27-14-16-3-2-10-23-12-16/h2-12H,13-14H2,1H3,(H,24,25). The second-order valence-corrected chi connectivity index (χ2v) is 6.26. The van der Waals surface area contributed by atoms with Crippen LogP contribution in [0.3, 0.4) is 0 Å². The number of halogens is 1. The first kappa shape index (κ1) is 18.7. The fourth-order valence-corrected chi connectivity index (χ4v) is 2.66. The summed E-state index contributed by atoms with van der Waals surface area (Å²) in [5.74, 6) is 0.993. The van der Waals surface area contributed by atoms with Crippen molar-refractivity contribution in [1.29, 1.82) is 0 Å². The van der Waals surface area contributed by atoms with Gasteiger partial charge in [0.25, 0.3) is 5.91 Å². The normalized spacial score (nSPS) is 10.3. The van der Waals surface area contributed by atoms with Crippen molar-refractivity contribution >= 4 is 17.5 Å². The van der Waals surface area contributed by atoms with Crippen LogP contribution in [0.15, 0.2) is 67.0 Å². The van der Waals surface area contributed by atoms with E-state index in [-0.39, 0.29) is 5.91 Å². The summed E-state index contributed by atoms with van der Waals surface area (Å²) in [5.41, 5.74) is 2.36. The van der Waals surface area contributed by atoms with Crippen LogP contribution >= 0.6 is 11.6 Å². The first-order chi connectivity index (χ1) is 13.2. The van der Waals surface area contributed by atoms with E-state index in [0.29, 0.717) is 29.5 Å². The van der Waals surface area contributed by atoms with Crippen LogP contribution in [0.1, 0.15) is 21.5 Å². The van der Waals surface area contributed by atoms with Gasteiger partial charge in [-0.25, -0.2) is 0 Å². The Morgan fingerprint density at radius 1 is 1.11 bits per heavy atom. The van der Waals surface area contributed by atoms with E-state index in [0.717, 1.165) is 16.9 Å². The van der Waals surface area contributed by atoms with Gasteiger partial charge in [-0.2, -0.15) is 0 Å². The molecule has 0 atom stereocenters. The number of carbonyl (C=O) groups excluding carboxylic acids is 1. The highest BCUT2D eigenvalue weighted by molar-refractivity contribution is 6.31. The molecule has 0 aliphatic heterocycles. The molecule has 0 radical (unpaired) electrons. The van der Waals surface area contributed by atoms with Crippen molar-refractivity contribution in [3.05, 3.63) is 88.7 Å². The number of amides is 1. The molecule has 5 nitrogen and oxygen atoms in total. The molecule has 0 bridgehead atoms. The fourth-order valence-electron chi connectivity index (χ4n) is 2.49. The lowest BCUT2D eigenvalue weighted by atomic mass is 10.1. The summed E-state index contributed by atoms with van der Waals surface area (Å²) in [4.78, 5) is 16.5. The van der Waals surface area contributed by atoms with Crippen LogP contribution < -0.4 is 14.8 Å². The number of hydrogen-bond acceptors (Lipinski definition) is 4. The lowest BCUT2D eigenvalue weighted by Gasteiger charge is -2.10. The molecule has 0 fully saturated rings. The summed E-state index contributed by atoms with van der Waals surface area (Å²) in [6.07, 6.45) is 3.50. The molecule has 3 aromatic rings. The Hall–Kier alpha value is -3.05. The number of pyridine rings is 1. The zero-order valence-electron chi connectivity index (χ0n) is 14.8. The maximum Gasteiger partial charge on any atom is 0.255 e. The number of aromatic nitrogens is 1. The summed E-state index contributed by atoms with van der Waals surface area (Å²) in [6, 6.07) is 16.3. The molecule has 1 heterocycles. The zero-order valence-corrected chi connectivity index (χ0v) is 15.6. The SMILES string of the molecule is COc1ccc(Cl)cc1C(=O)NCc1ccc(OCc2cccnc2)cc1. The predicted molar refractivity (Wildman–Crippen MR) is 104 cm³/mol. The molecule has 0 aliphatic carbocycles. The molecular formula is C21H19ClN2O3.